The van der Waals surface area contributed by atoms with Gasteiger partial charge in [-0.05, 0) is 34.5 Å². The van der Waals surface area contributed by atoms with Crippen molar-refractivity contribution in [1.82, 2.24) is 15.5 Å². The molecule has 16 atom stereocenters. The van der Waals surface area contributed by atoms with Crippen molar-refractivity contribution >= 4 is 0 Å². The summed E-state index contributed by atoms with van der Waals surface area (Å²) in [5, 5.41) is 163. The molecule has 19 N–H and O–H groups in total. The minimum atomic E-state index is -1.52. The Kier molecular flexibility index (Phi) is 21.7. The van der Waals surface area contributed by atoms with Gasteiger partial charge in [-0.3, -0.25) is 0 Å². The molecular formula is C32H67N3O19. The maximum absolute atomic E-state index is 10.3. The van der Waals surface area contributed by atoms with Gasteiger partial charge in [0.15, 0.2) is 6.29 Å². The highest BCUT2D eigenvalue weighted by Gasteiger charge is 2.53. The SMILES string of the molecule is CC1OC(CO)C(O)C(O)C1O.CCC1(CO)CN(C)CC(CO)(CO)C1O.CNC1C(O)C(O)C(O)C(O)C1O.CNC1C(O)OC(CO)C(O)C1O. The predicted molar refractivity (Wildman–Crippen MR) is 185 cm³/mol. The number of rotatable bonds is 8. The average Bonchev–Trinajstić information content (AvgIpc) is 3.17. The molecule has 16 unspecified atom stereocenters. The molecule has 0 amide bonds. The molecule has 0 aromatic rings. The molecule has 0 radical (unpaired) electrons. The third kappa shape index (κ3) is 11.6. The lowest BCUT2D eigenvalue weighted by atomic mass is 9.64. The van der Waals surface area contributed by atoms with Crippen molar-refractivity contribution in [1.29, 1.82) is 0 Å². The molecule has 3 aliphatic heterocycles. The van der Waals surface area contributed by atoms with Crippen molar-refractivity contribution in [3.8, 4) is 0 Å². The summed E-state index contributed by atoms with van der Waals surface area (Å²) in [6.07, 6.45) is -16.7. The Morgan fingerprint density at radius 1 is 0.537 bits per heavy atom. The average molecular weight is 798 g/mol. The smallest absolute Gasteiger partial charge is 0.173 e. The highest BCUT2D eigenvalue weighted by Crippen LogP contribution is 2.42. The summed E-state index contributed by atoms with van der Waals surface area (Å²) >= 11 is 0. The Hall–Kier alpha value is -0.880. The number of ether oxygens (including phenoxy) is 2. The fraction of sp³-hybridized carbons (Fsp3) is 1.00. The van der Waals surface area contributed by atoms with E-state index in [0.717, 1.165) is 0 Å². The minimum Gasteiger partial charge on any atom is -0.396 e. The van der Waals surface area contributed by atoms with Crippen LogP contribution in [0.5, 0.6) is 0 Å². The maximum Gasteiger partial charge on any atom is 0.173 e. The van der Waals surface area contributed by atoms with Gasteiger partial charge in [0.2, 0.25) is 0 Å². The molecule has 4 rings (SSSR count). The van der Waals surface area contributed by atoms with E-state index in [-0.39, 0.29) is 26.4 Å². The van der Waals surface area contributed by atoms with Gasteiger partial charge in [-0.1, -0.05) is 6.92 Å². The second-order valence-corrected chi connectivity index (χ2v) is 14.5. The van der Waals surface area contributed by atoms with Crippen LogP contribution in [-0.2, 0) is 9.47 Å². The molecule has 0 bridgehead atoms. The first-order valence-corrected chi connectivity index (χ1v) is 17.7. The van der Waals surface area contributed by atoms with Crippen molar-refractivity contribution < 1.29 is 96.3 Å². The molecule has 54 heavy (non-hydrogen) atoms. The number of hydrogen-bond donors (Lipinski definition) is 19. The van der Waals surface area contributed by atoms with Gasteiger partial charge in [0, 0.05) is 18.5 Å². The Bertz CT molecular complexity index is 980. The van der Waals surface area contributed by atoms with Crippen LogP contribution in [0.3, 0.4) is 0 Å². The second-order valence-electron chi connectivity index (χ2n) is 14.5. The molecule has 22 heteroatoms. The van der Waals surface area contributed by atoms with Crippen molar-refractivity contribution in [2.45, 2.75) is 124 Å². The lowest BCUT2D eigenvalue weighted by Crippen LogP contribution is -2.67. The van der Waals surface area contributed by atoms with Crippen molar-refractivity contribution in [3.63, 3.8) is 0 Å². The molecule has 3 saturated heterocycles. The largest absolute Gasteiger partial charge is 0.396 e. The molecule has 4 aliphatic rings. The van der Waals surface area contributed by atoms with Gasteiger partial charge >= 0.3 is 0 Å². The Balaban J connectivity index is 0.000000362. The number of nitrogens with one attached hydrogen (secondary N) is 2. The first kappa shape index (κ1) is 51.1. The summed E-state index contributed by atoms with van der Waals surface area (Å²) in [7, 11) is 4.88. The molecule has 0 aromatic carbocycles. The van der Waals surface area contributed by atoms with Crippen molar-refractivity contribution in [2.24, 2.45) is 10.8 Å². The monoisotopic (exact) mass is 797 g/mol. The number of likely N-dealkylation sites (tertiary alicyclic amines) is 1. The van der Waals surface area contributed by atoms with E-state index in [4.69, 9.17) is 24.8 Å². The molecule has 1 saturated carbocycles. The van der Waals surface area contributed by atoms with Gasteiger partial charge in [-0.25, -0.2) is 0 Å². The van der Waals surface area contributed by atoms with Crippen LogP contribution < -0.4 is 10.6 Å². The molecular weight excluding hydrogens is 730 g/mol. The van der Waals surface area contributed by atoms with Crippen molar-refractivity contribution in [2.75, 3.05) is 67.3 Å². The van der Waals surface area contributed by atoms with E-state index >= 15 is 0 Å². The quantitative estimate of drug-likeness (QED) is 0.108. The van der Waals surface area contributed by atoms with E-state index in [0.29, 0.717) is 19.5 Å². The zero-order valence-electron chi connectivity index (χ0n) is 31.3. The van der Waals surface area contributed by atoms with E-state index in [2.05, 4.69) is 10.6 Å². The predicted octanol–water partition coefficient (Wildman–Crippen LogP) is -10.1. The molecule has 3 heterocycles. The van der Waals surface area contributed by atoms with E-state index in [1.807, 2.05) is 18.9 Å². The van der Waals surface area contributed by atoms with Gasteiger partial charge in [-0.2, -0.15) is 0 Å². The van der Waals surface area contributed by atoms with E-state index in [1.54, 1.807) is 6.92 Å². The minimum absolute atomic E-state index is 0.142. The van der Waals surface area contributed by atoms with Gasteiger partial charge in [0.05, 0.1) is 62.7 Å². The standard InChI is InChI=1S/C11H23NO4.2C7H15NO5.C7H14O5/c1-3-10(6-13)4-12(2)5-11(7-14,8-15)9(10)16;1-8-4-6(11)5(10)3(2-9)13-7(4)12;1-8-2-3(9)5(11)7(13)6(12)4(2)10;1-3-5(9)7(11)6(10)4(2-8)12-3/h9,13-16H,3-8H2,1-2H3;3-12H,2H2,1H3;2-13H,1H3;3-11H,2H2,1H3. The van der Waals surface area contributed by atoms with Crippen LogP contribution in [0.15, 0.2) is 0 Å². The summed E-state index contributed by atoms with van der Waals surface area (Å²) in [5.41, 5.74) is -1.59. The Morgan fingerprint density at radius 2 is 0.907 bits per heavy atom. The number of piperidine rings is 1. The van der Waals surface area contributed by atoms with Gasteiger partial charge < -0.3 is 112 Å². The molecule has 22 nitrogen and oxygen atoms in total. The normalized spacial score (nSPS) is 45.1. The number of hydrogen-bond acceptors (Lipinski definition) is 22. The molecule has 0 spiro atoms. The fourth-order valence-corrected chi connectivity index (χ4v) is 7.10. The molecule has 0 aromatic heterocycles. The second kappa shape index (κ2) is 22.9. The first-order valence-electron chi connectivity index (χ1n) is 17.7. The van der Waals surface area contributed by atoms with Crippen LogP contribution >= 0.6 is 0 Å². The third-order valence-corrected chi connectivity index (χ3v) is 10.8. The van der Waals surface area contributed by atoms with Crippen LogP contribution in [-0.4, -0.2) is 263 Å². The van der Waals surface area contributed by atoms with E-state index < -0.39 is 121 Å². The molecule has 1 aliphatic carbocycles. The number of aliphatic hydroxyl groups excluding tert-OH is 17. The number of likely N-dealkylation sites (N-methyl/N-ethyl adjacent to an activating group) is 2. The molecule has 4 fully saturated rings. The topological polar surface area (TPSA) is 390 Å². The lowest BCUT2D eigenvalue weighted by molar-refractivity contribution is -0.253. The fourth-order valence-electron chi connectivity index (χ4n) is 7.10. The number of nitrogens with zero attached hydrogens (tertiary/aromatic N) is 1. The summed E-state index contributed by atoms with van der Waals surface area (Å²) in [6, 6.07) is -1.58. The zero-order valence-corrected chi connectivity index (χ0v) is 31.3. The third-order valence-electron chi connectivity index (χ3n) is 10.8. The zero-order chi connectivity index (χ0) is 41.9. The number of aliphatic hydroxyl groups is 17. The Morgan fingerprint density at radius 3 is 1.31 bits per heavy atom. The van der Waals surface area contributed by atoms with Gasteiger partial charge in [0.25, 0.3) is 0 Å². The summed E-state index contributed by atoms with van der Waals surface area (Å²) < 4.78 is 9.88. The summed E-state index contributed by atoms with van der Waals surface area (Å²) in [4.78, 5) is 1.94. The van der Waals surface area contributed by atoms with E-state index in [1.165, 1.54) is 14.1 Å². The summed E-state index contributed by atoms with van der Waals surface area (Å²) in [6.45, 7) is 2.97. The van der Waals surface area contributed by atoms with Crippen LogP contribution in [0, 0.1) is 10.8 Å². The summed E-state index contributed by atoms with van der Waals surface area (Å²) in [5.74, 6) is 0. The van der Waals surface area contributed by atoms with Crippen molar-refractivity contribution in [3.05, 3.63) is 0 Å². The Labute approximate surface area is 314 Å². The van der Waals surface area contributed by atoms with Gasteiger partial charge in [0.1, 0.15) is 73.2 Å². The van der Waals surface area contributed by atoms with Crippen LogP contribution in [0.25, 0.3) is 0 Å². The van der Waals surface area contributed by atoms with Crippen LogP contribution in [0.2, 0.25) is 0 Å². The maximum atomic E-state index is 10.3. The highest BCUT2D eigenvalue weighted by molar-refractivity contribution is 5.04. The van der Waals surface area contributed by atoms with Gasteiger partial charge in [-0.15, -0.1) is 0 Å². The highest BCUT2D eigenvalue weighted by atomic mass is 16.6. The first-order chi connectivity index (χ1) is 25.2. The van der Waals surface area contributed by atoms with Crippen LogP contribution in [0.4, 0.5) is 0 Å². The molecule has 324 valence electrons. The lowest BCUT2D eigenvalue weighted by Gasteiger charge is -2.53. The van der Waals surface area contributed by atoms with E-state index in [9.17, 15) is 71.5 Å². The van der Waals surface area contributed by atoms with Crippen LogP contribution in [0.1, 0.15) is 20.3 Å².